The Balaban J connectivity index is 3.04. The summed E-state index contributed by atoms with van der Waals surface area (Å²) in [6, 6.07) is 0. The zero-order chi connectivity index (χ0) is 10.6. The molecule has 0 rings (SSSR count). The first-order valence-electron chi connectivity index (χ1n) is 5.36. The highest BCUT2D eigenvalue weighted by Gasteiger charge is 2.00. The van der Waals surface area contributed by atoms with E-state index in [4.69, 9.17) is 4.74 Å². The minimum Gasteiger partial charge on any atom is -0.473 e. The quantitative estimate of drug-likeness (QED) is 0.252. The Morgan fingerprint density at radius 3 is 2.36 bits per heavy atom. The smallest absolute Gasteiger partial charge is 0.196 e. The van der Waals surface area contributed by atoms with Crippen LogP contribution in [0.3, 0.4) is 0 Å². The van der Waals surface area contributed by atoms with Crippen molar-refractivity contribution in [3.05, 3.63) is 25.5 Å². The summed E-state index contributed by atoms with van der Waals surface area (Å²) in [6.45, 7) is 7.07. The third-order valence-electron chi connectivity index (χ3n) is 2.11. The number of aliphatic hydroxyl groups is 1. The Labute approximate surface area is 87.3 Å². The highest BCUT2D eigenvalue weighted by molar-refractivity contribution is 4.65. The van der Waals surface area contributed by atoms with Crippen LogP contribution in [0.4, 0.5) is 0 Å². The van der Waals surface area contributed by atoms with E-state index in [-0.39, 0.29) is 0 Å². The van der Waals surface area contributed by atoms with E-state index >= 15 is 0 Å². The molecule has 0 aromatic carbocycles. The highest BCUT2D eigenvalue weighted by Crippen LogP contribution is 2.09. The van der Waals surface area contributed by atoms with Gasteiger partial charge in [-0.25, -0.2) is 0 Å². The summed E-state index contributed by atoms with van der Waals surface area (Å²) in [5, 5.41) is 9.18. The third-order valence-corrected chi connectivity index (χ3v) is 2.11. The van der Waals surface area contributed by atoms with Crippen molar-refractivity contribution < 1.29 is 9.84 Å². The maximum Gasteiger partial charge on any atom is 0.196 e. The van der Waals surface area contributed by atoms with Crippen molar-refractivity contribution >= 4 is 0 Å². The molecule has 0 fully saturated rings. The molecule has 0 aliphatic heterocycles. The molecule has 1 N–H and O–H groups in total. The van der Waals surface area contributed by atoms with Crippen molar-refractivity contribution in [3.63, 3.8) is 0 Å². The topological polar surface area (TPSA) is 29.5 Å². The van der Waals surface area contributed by atoms with Crippen LogP contribution in [0.2, 0.25) is 0 Å². The lowest BCUT2D eigenvalue weighted by Crippen LogP contribution is -2.07. The fourth-order valence-electron chi connectivity index (χ4n) is 1.32. The molecule has 0 bridgehead atoms. The van der Waals surface area contributed by atoms with Crippen molar-refractivity contribution in [3.8, 4) is 0 Å². The molecular formula is C12H22O2. The third kappa shape index (κ3) is 9.33. The molecule has 0 radical (unpaired) electrons. The second-order valence-electron chi connectivity index (χ2n) is 3.39. The Morgan fingerprint density at radius 1 is 1.07 bits per heavy atom. The summed E-state index contributed by atoms with van der Waals surface area (Å²) in [5.41, 5.74) is 0. The van der Waals surface area contributed by atoms with Crippen molar-refractivity contribution in [1.29, 1.82) is 0 Å². The molecular weight excluding hydrogens is 176 g/mol. The minimum atomic E-state index is -0.666. The van der Waals surface area contributed by atoms with E-state index in [0.717, 1.165) is 19.3 Å². The number of hydrogen-bond donors (Lipinski definition) is 1. The lowest BCUT2D eigenvalue weighted by Gasteiger charge is -2.08. The molecule has 0 aromatic heterocycles. The van der Waals surface area contributed by atoms with E-state index in [9.17, 15) is 5.11 Å². The fourth-order valence-corrected chi connectivity index (χ4v) is 1.32. The second-order valence-corrected chi connectivity index (χ2v) is 3.39. The van der Waals surface area contributed by atoms with E-state index < -0.39 is 6.29 Å². The van der Waals surface area contributed by atoms with Crippen molar-refractivity contribution in [2.24, 2.45) is 0 Å². The van der Waals surface area contributed by atoms with Crippen LogP contribution in [0.25, 0.3) is 0 Å². The van der Waals surface area contributed by atoms with Gasteiger partial charge in [0.05, 0.1) is 6.26 Å². The molecule has 2 nitrogen and oxygen atoms in total. The Morgan fingerprint density at radius 2 is 1.71 bits per heavy atom. The van der Waals surface area contributed by atoms with Gasteiger partial charge in [-0.3, -0.25) is 0 Å². The molecule has 0 spiro atoms. The number of allylic oxidation sites excluding steroid dienone is 1. The molecule has 82 valence electrons. The van der Waals surface area contributed by atoms with E-state index in [1.807, 2.05) is 6.08 Å². The summed E-state index contributed by atoms with van der Waals surface area (Å²) < 4.78 is 4.79. The predicted molar refractivity (Wildman–Crippen MR) is 59.8 cm³/mol. The molecule has 2 heteroatoms. The average molecular weight is 198 g/mol. The van der Waals surface area contributed by atoms with E-state index in [1.54, 1.807) is 0 Å². The molecule has 0 saturated heterocycles. The van der Waals surface area contributed by atoms with Gasteiger partial charge in [-0.2, -0.15) is 0 Å². The zero-order valence-corrected chi connectivity index (χ0v) is 8.95. The first kappa shape index (κ1) is 13.2. The van der Waals surface area contributed by atoms with E-state index in [0.29, 0.717) is 6.42 Å². The maximum atomic E-state index is 9.18. The Hall–Kier alpha value is -0.760. The second kappa shape index (κ2) is 10.3. The number of hydrogen-bond acceptors (Lipinski definition) is 2. The van der Waals surface area contributed by atoms with Crippen molar-refractivity contribution in [2.45, 2.75) is 51.2 Å². The fraction of sp³-hybridized carbons (Fsp3) is 0.667. The molecule has 0 aliphatic carbocycles. The van der Waals surface area contributed by atoms with Crippen LogP contribution < -0.4 is 0 Å². The minimum absolute atomic E-state index is 0.666. The van der Waals surface area contributed by atoms with Crippen LogP contribution in [-0.4, -0.2) is 11.4 Å². The van der Waals surface area contributed by atoms with Gasteiger partial charge in [-0.1, -0.05) is 31.9 Å². The number of ether oxygens (including phenoxy) is 1. The lowest BCUT2D eigenvalue weighted by atomic mass is 10.1. The summed E-state index contributed by atoms with van der Waals surface area (Å²) >= 11 is 0. The number of unbranched alkanes of at least 4 members (excludes halogenated alkanes) is 5. The summed E-state index contributed by atoms with van der Waals surface area (Å²) in [7, 11) is 0. The number of rotatable bonds is 10. The summed E-state index contributed by atoms with van der Waals surface area (Å²) in [6.07, 6.45) is 10.3. The lowest BCUT2D eigenvalue weighted by molar-refractivity contribution is -0.0569. The van der Waals surface area contributed by atoms with Gasteiger partial charge >= 0.3 is 0 Å². The van der Waals surface area contributed by atoms with Crippen molar-refractivity contribution in [1.82, 2.24) is 0 Å². The van der Waals surface area contributed by atoms with Gasteiger partial charge < -0.3 is 9.84 Å². The van der Waals surface area contributed by atoms with E-state index in [1.165, 1.54) is 25.5 Å². The SMILES string of the molecule is C=CCCCCCCCC(O)OC=C. The highest BCUT2D eigenvalue weighted by atomic mass is 16.6. The van der Waals surface area contributed by atoms with Crippen LogP contribution in [0.5, 0.6) is 0 Å². The van der Waals surface area contributed by atoms with Crippen LogP contribution in [-0.2, 0) is 4.74 Å². The summed E-state index contributed by atoms with van der Waals surface area (Å²) in [5.74, 6) is 0. The normalized spacial score (nSPS) is 12.1. The van der Waals surface area contributed by atoms with Gasteiger partial charge in [0.15, 0.2) is 6.29 Å². The number of aliphatic hydroxyl groups excluding tert-OH is 1. The molecule has 0 heterocycles. The van der Waals surface area contributed by atoms with Crippen LogP contribution >= 0.6 is 0 Å². The molecule has 0 saturated carbocycles. The van der Waals surface area contributed by atoms with Crippen LogP contribution in [0.15, 0.2) is 25.5 Å². The standard InChI is InChI=1S/C12H22O2/c1-3-5-6-7-8-9-10-11-12(13)14-4-2/h3-4,12-13H,1-2,5-11H2. The largest absolute Gasteiger partial charge is 0.473 e. The first-order valence-corrected chi connectivity index (χ1v) is 5.36. The van der Waals surface area contributed by atoms with Crippen molar-refractivity contribution in [2.75, 3.05) is 0 Å². The van der Waals surface area contributed by atoms with E-state index in [2.05, 4.69) is 13.2 Å². The van der Waals surface area contributed by atoms with Gasteiger partial charge in [-0.15, -0.1) is 6.58 Å². The summed E-state index contributed by atoms with van der Waals surface area (Å²) in [4.78, 5) is 0. The molecule has 0 amide bonds. The maximum absolute atomic E-state index is 9.18. The molecule has 0 aliphatic rings. The zero-order valence-electron chi connectivity index (χ0n) is 8.95. The van der Waals surface area contributed by atoms with Gasteiger partial charge in [0.25, 0.3) is 0 Å². The molecule has 1 unspecified atom stereocenters. The van der Waals surface area contributed by atoms with Crippen LogP contribution in [0.1, 0.15) is 44.9 Å². The monoisotopic (exact) mass is 198 g/mol. The molecule has 1 atom stereocenters. The molecule has 0 aromatic rings. The molecule has 14 heavy (non-hydrogen) atoms. The average Bonchev–Trinajstić information content (AvgIpc) is 2.17. The predicted octanol–water partition coefficient (Wildman–Crippen LogP) is 3.38. The van der Waals surface area contributed by atoms with Gasteiger partial charge in [0.1, 0.15) is 0 Å². The van der Waals surface area contributed by atoms with Gasteiger partial charge in [0.2, 0.25) is 0 Å². The Bertz CT molecular complexity index is 143. The van der Waals surface area contributed by atoms with Crippen LogP contribution in [0, 0.1) is 0 Å². The first-order chi connectivity index (χ1) is 6.81. The Kier molecular flexibility index (Phi) is 9.76. The van der Waals surface area contributed by atoms with Gasteiger partial charge in [-0.05, 0) is 19.3 Å². The van der Waals surface area contributed by atoms with Gasteiger partial charge in [0, 0.05) is 6.42 Å².